The fourth-order valence-corrected chi connectivity index (χ4v) is 1.96. The van der Waals surface area contributed by atoms with E-state index in [1.165, 1.54) is 6.42 Å². The van der Waals surface area contributed by atoms with E-state index in [0.29, 0.717) is 12.1 Å². The maximum Gasteiger partial charge on any atom is 0.0457 e. The second-order valence-electron chi connectivity index (χ2n) is 3.54. The van der Waals surface area contributed by atoms with Gasteiger partial charge in [0.2, 0.25) is 0 Å². The van der Waals surface area contributed by atoms with E-state index in [9.17, 15) is 0 Å². The Labute approximate surface area is 73.5 Å². The molecular formula is C8H18N4. The SMILES string of the molecule is C1CNC(C2CNCN2)CCN1. The Kier molecular flexibility index (Phi) is 2.94. The molecule has 2 heterocycles. The largest absolute Gasteiger partial charge is 0.315 e. The van der Waals surface area contributed by atoms with Crippen LogP contribution in [-0.2, 0) is 0 Å². The first-order valence-corrected chi connectivity index (χ1v) is 4.85. The molecule has 0 saturated carbocycles. The highest BCUT2D eigenvalue weighted by Gasteiger charge is 2.24. The van der Waals surface area contributed by atoms with Crippen molar-refractivity contribution in [2.24, 2.45) is 0 Å². The van der Waals surface area contributed by atoms with Crippen molar-refractivity contribution in [3.63, 3.8) is 0 Å². The smallest absolute Gasteiger partial charge is 0.0457 e. The van der Waals surface area contributed by atoms with Crippen molar-refractivity contribution < 1.29 is 0 Å². The Morgan fingerprint density at radius 3 is 2.67 bits per heavy atom. The van der Waals surface area contributed by atoms with E-state index in [0.717, 1.165) is 32.8 Å². The fraction of sp³-hybridized carbons (Fsp3) is 1.00. The van der Waals surface area contributed by atoms with E-state index in [1.54, 1.807) is 0 Å². The van der Waals surface area contributed by atoms with Crippen LogP contribution in [-0.4, -0.2) is 44.9 Å². The Hall–Kier alpha value is -0.160. The summed E-state index contributed by atoms with van der Waals surface area (Å²) in [5.74, 6) is 0. The summed E-state index contributed by atoms with van der Waals surface area (Å²) in [6.07, 6.45) is 1.24. The van der Waals surface area contributed by atoms with Gasteiger partial charge < -0.3 is 16.0 Å². The maximum absolute atomic E-state index is 3.56. The lowest BCUT2D eigenvalue weighted by molar-refractivity contribution is 0.417. The second-order valence-corrected chi connectivity index (χ2v) is 3.54. The molecule has 2 aliphatic heterocycles. The summed E-state index contributed by atoms with van der Waals surface area (Å²) in [5, 5.41) is 13.7. The average Bonchev–Trinajstić information content (AvgIpc) is 2.48. The molecular weight excluding hydrogens is 152 g/mol. The number of hydrogen-bond acceptors (Lipinski definition) is 4. The summed E-state index contributed by atoms with van der Waals surface area (Å²) in [4.78, 5) is 0. The molecule has 4 N–H and O–H groups in total. The zero-order valence-corrected chi connectivity index (χ0v) is 7.40. The Morgan fingerprint density at radius 2 is 1.83 bits per heavy atom. The molecule has 2 rings (SSSR count). The van der Waals surface area contributed by atoms with Crippen molar-refractivity contribution in [1.82, 2.24) is 21.3 Å². The topological polar surface area (TPSA) is 48.1 Å². The third-order valence-electron chi connectivity index (χ3n) is 2.68. The van der Waals surface area contributed by atoms with Gasteiger partial charge in [0.15, 0.2) is 0 Å². The standard InChI is InChI=1S/C8H18N4/c1-2-9-3-4-11-7(1)8-5-10-6-12-8/h7-12H,1-6H2. The minimum atomic E-state index is 0.630. The fourth-order valence-electron chi connectivity index (χ4n) is 1.96. The zero-order valence-electron chi connectivity index (χ0n) is 7.40. The summed E-state index contributed by atoms with van der Waals surface area (Å²) in [6, 6.07) is 1.28. The first-order valence-electron chi connectivity index (χ1n) is 4.85. The molecule has 4 nitrogen and oxygen atoms in total. The van der Waals surface area contributed by atoms with E-state index in [1.807, 2.05) is 0 Å². The Morgan fingerprint density at radius 1 is 0.833 bits per heavy atom. The first kappa shape index (κ1) is 8.44. The summed E-state index contributed by atoms with van der Waals surface area (Å²) in [7, 11) is 0. The maximum atomic E-state index is 3.56. The lowest BCUT2D eigenvalue weighted by Crippen LogP contribution is -2.46. The molecule has 2 fully saturated rings. The molecule has 0 aromatic rings. The molecule has 12 heavy (non-hydrogen) atoms. The van der Waals surface area contributed by atoms with Crippen molar-refractivity contribution in [2.75, 3.05) is 32.8 Å². The normalized spacial score (nSPS) is 38.0. The summed E-state index contributed by atoms with van der Waals surface area (Å²) >= 11 is 0. The molecule has 4 heteroatoms. The highest BCUT2D eigenvalue weighted by Crippen LogP contribution is 2.02. The number of rotatable bonds is 1. The van der Waals surface area contributed by atoms with Gasteiger partial charge >= 0.3 is 0 Å². The lowest BCUT2D eigenvalue weighted by atomic mass is 10.1. The molecule has 2 unspecified atom stereocenters. The van der Waals surface area contributed by atoms with Gasteiger partial charge in [0.1, 0.15) is 0 Å². The van der Waals surface area contributed by atoms with E-state index in [2.05, 4.69) is 21.3 Å². The van der Waals surface area contributed by atoms with Crippen LogP contribution in [0, 0.1) is 0 Å². The van der Waals surface area contributed by atoms with Gasteiger partial charge in [-0.05, 0) is 13.0 Å². The van der Waals surface area contributed by atoms with Crippen LogP contribution < -0.4 is 21.3 Å². The molecule has 0 bridgehead atoms. The van der Waals surface area contributed by atoms with Gasteiger partial charge in [-0.25, -0.2) is 0 Å². The van der Waals surface area contributed by atoms with Crippen LogP contribution in [0.3, 0.4) is 0 Å². The van der Waals surface area contributed by atoms with Gasteiger partial charge in [-0.15, -0.1) is 0 Å². The highest BCUT2D eigenvalue weighted by molar-refractivity contribution is 4.89. The minimum absolute atomic E-state index is 0.630. The Balaban J connectivity index is 1.83. The minimum Gasteiger partial charge on any atom is -0.315 e. The van der Waals surface area contributed by atoms with Crippen molar-refractivity contribution in [1.29, 1.82) is 0 Å². The van der Waals surface area contributed by atoms with Gasteiger partial charge in [-0.2, -0.15) is 0 Å². The summed E-state index contributed by atoms with van der Waals surface area (Å²) in [6.45, 7) is 5.43. The molecule has 0 amide bonds. The molecule has 2 saturated heterocycles. The van der Waals surface area contributed by atoms with Crippen LogP contribution >= 0.6 is 0 Å². The van der Waals surface area contributed by atoms with E-state index in [-0.39, 0.29) is 0 Å². The van der Waals surface area contributed by atoms with Crippen LogP contribution in [0.1, 0.15) is 6.42 Å². The van der Waals surface area contributed by atoms with Crippen molar-refractivity contribution in [3.8, 4) is 0 Å². The average molecular weight is 170 g/mol. The monoisotopic (exact) mass is 170 g/mol. The van der Waals surface area contributed by atoms with Gasteiger partial charge in [0.25, 0.3) is 0 Å². The van der Waals surface area contributed by atoms with Crippen molar-refractivity contribution in [2.45, 2.75) is 18.5 Å². The summed E-state index contributed by atoms with van der Waals surface area (Å²) < 4.78 is 0. The lowest BCUT2D eigenvalue weighted by Gasteiger charge is -2.21. The van der Waals surface area contributed by atoms with Crippen LogP contribution in [0.5, 0.6) is 0 Å². The molecule has 2 atom stereocenters. The van der Waals surface area contributed by atoms with Gasteiger partial charge in [-0.1, -0.05) is 0 Å². The molecule has 0 aliphatic carbocycles. The number of nitrogens with one attached hydrogen (secondary N) is 4. The molecule has 70 valence electrons. The van der Waals surface area contributed by atoms with Crippen LogP contribution in [0.25, 0.3) is 0 Å². The Bertz CT molecular complexity index is 125. The van der Waals surface area contributed by atoms with Crippen LogP contribution in [0.15, 0.2) is 0 Å². The second kappa shape index (κ2) is 4.18. The van der Waals surface area contributed by atoms with Crippen LogP contribution in [0.2, 0.25) is 0 Å². The predicted molar refractivity (Wildman–Crippen MR) is 49.1 cm³/mol. The summed E-state index contributed by atoms with van der Waals surface area (Å²) in [5.41, 5.74) is 0. The quantitative estimate of drug-likeness (QED) is 0.385. The van der Waals surface area contributed by atoms with Gasteiger partial charge in [-0.3, -0.25) is 5.32 Å². The third kappa shape index (κ3) is 1.95. The highest BCUT2D eigenvalue weighted by atomic mass is 15.2. The molecule has 0 aromatic heterocycles. The molecule has 0 spiro atoms. The van der Waals surface area contributed by atoms with E-state index >= 15 is 0 Å². The molecule has 0 aromatic carbocycles. The predicted octanol–water partition coefficient (Wildman–Crippen LogP) is -1.54. The third-order valence-corrected chi connectivity index (χ3v) is 2.68. The van der Waals surface area contributed by atoms with Crippen molar-refractivity contribution >= 4 is 0 Å². The number of hydrogen-bond donors (Lipinski definition) is 4. The van der Waals surface area contributed by atoms with Crippen LogP contribution in [0.4, 0.5) is 0 Å². The first-order chi connectivity index (χ1) is 5.97. The zero-order chi connectivity index (χ0) is 8.23. The van der Waals surface area contributed by atoms with E-state index in [4.69, 9.17) is 0 Å². The van der Waals surface area contributed by atoms with Crippen molar-refractivity contribution in [3.05, 3.63) is 0 Å². The molecule has 0 radical (unpaired) electrons. The van der Waals surface area contributed by atoms with Gasteiger partial charge in [0.05, 0.1) is 0 Å². The van der Waals surface area contributed by atoms with E-state index < -0.39 is 0 Å². The molecule has 2 aliphatic rings. The van der Waals surface area contributed by atoms with Gasteiger partial charge in [0, 0.05) is 38.4 Å².